The third kappa shape index (κ3) is 1.78. The minimum atomic E-state index is 0.194. The van der Waals surface area contributed by atoms with E-state index in [1.807, 2.05) is 0 Å². The first-order chi connectivity index (χ1) is 9.66. The average molecular weight is 274 g/mol. The van der Waals surface area contributed by atoms with E-state index in [4.69, 9.17) is 9.47 Å². The van der Waals surface area contributed by atoms with Gasteiger partial charge >= 0.3 is 0 Å². The molecule has 0 bridgehead atoms. The van der Waals surface area contributed by atoms with E-state index in [1.165, 1.54) is 37.1 Å². The second-order valence-corrected chi connectivity index (χ2v) is 6.65. The van der Waals surface area contributed by atoms with Crippen LogP contribution in [0.15, 0.2) is 12.1 Å². The molecule has 1 N–H and O–H groups in total. The molecule has 4 nitrogen and oxygen atoms in total. The van der Waals surface area contributed by atoms with Crippen molar-refractivity contribution in [2.24, 2.45) is 0 Å². The predicted octanol–water partition coefficient (Wildman–Crippen LogP) is 2.58. The van der Waals surface area contributed by atoms with Crippen LogP contribution in [-0.2, 0) is 5.41 Å². The molecular formula is C16H22N2O2. The maximum absolute atomic E-state index is 5.55. The molecule has 1 fully saturated rings. The van der Waals surface area contributed by atoms with Crippen LogP contribution in [0.1, 0.15) is 31.7 Å². The van der Waals surface area contributed by atoms with Crippen molar-refractivity contribution >= 4 is 5.69 Å². The number of benzene rings is 1. The van der Waals surface area contributed by atoms with Crippen molar-refractivity contribution in [2.75, 3.05) is 32.2 Å². The summed E-state index contributed by atoms with van der Waals surface area (Å²) in [5.74, 6) is 1.77. The highest BCUT2D eigenvalue weighted by Crippen LogP contribution is 2.47. The van der Waals surface area contributed by atoms with Gasteiger partial charge in [0.25, 0.3) is 0 Å². The summed E-state index contributed by atoms with van der Waals surface area (Å²) in [6, 6.07) is 4.99. The molecule has 0 spiro atoms. The Morgan fingerprint density at radius 2 is 2.15 bits per heavy atom. The van der Waals surface area contributed by atoms with Crippen molar-refractivity contribution in [3.63, 3.8) is 0 Å². The number of nitrogens with zero attached hydrogens (tertiary/aromatic N) is 1. The van der Waals surface area contributed by atoms with E-state index in [1.54, 1.807) is 0 Å². The van der Waals surface area contributed by atoms with Crippen LogP contribution in [-0.4, -0.2) is 37.9 Å². The first-order valence-corrected chi connectivity index (χ1v) is 7.54. The molecule has 20 heavy (non-hydrogen) atoms. The lowest BCUT2D eigenvalue weighted by Crippen LogP contribution is -2.35. The van der Waals surface area contributed by atoms with Gasteiger partial charge in [0.15, 0.2) is 11.5 Å². The summed E-state index contributed by atoms with van der Waals surface area (Å²) in [6.07, 6.45) is 3.87. The first kappa shape index (κ1) is 12.3. The number of hydrogen-bond donors (Lipinski definition) is 1. The van der Waals surface area contributed by atoms with Gasteiger partial charge in [-0.1, -0.05) is 6.92 Å². The lowest BCUT2D eigenvalue weighted by atomic mass is 9.78. The van der Waals surface area contributed by atoms with E-state index in [9.17, 15) is 0 Å². The van der Waals surface area contributed by atoms with Crippen molar-refractivity contribution in [1.82, 2.24) is 4.90 Å². The van der Waals surface area contributed by atoms with E-state index < -0.39 is 0 Å². The Bertz CT molecular complexity index is 546. The number of anilines is 1. The maximum Gasteiger partial charge on any atom is 0.231 e. The van der Waals surface area contributed by atoms with Gasteiger partial charge in [0, 0.05) is 29.8 Å². The third-order valence-corrected chi connectivity index (χ3v) is 5.19. The minimum absolute atomic E-state index is 0.194. The van der Waals surface area contributed by atoms with Crippen LogP contribution in [0.25, 0.3) is 0 Å². The van der Waals surface area contributed by atoms with E-state index in [0.29, 0.717) is 12.8 Å². The Morgan fingerprint density at radius 3 is 2.90 bits per heavy atom. The fraction of sp³-hybridized carbons (Fsp3) is 0.625. The van der Waals surface area contributed by atoms with Crippen molar-refractivity contribution in [3.05, 3.63) is 17.7 Å². The molecule has 3 heterocycles. The molecule has 4 heteroatoms. The molecule has 1 aromatic carbocycles. The summed E-state index contributed by atoms with van der Waals surface area (Å²) in [4.78, 5) is 2.51. The van der Waals surface area contributed by atoms with Gasteiger partial charge in [-0.15, -0.1) is 0 Å². The van der Waals surface area contributed by atoms with E-state index in [-0.39, 0.29) is 5.41 Å². The Kier molecular flexibility index (Phi) is 2.64. The molecule has 108 valence electrons. The molecular weight excluding hydrogens is 252 g/mol. The lowest BCUT2D eigenvalue weighted by molar-refractivity contribution is 0.174. The largest absolute Gasteiger partial charge is 0.454 e. The number of likely N-dealkylation sites (tertiary alicyclic amines) is 1. The molecule has 0 aromatic heterocycles. The van der Waals surface area contributed by atoms with Crippen LogP contribution in [0, 0.1) is 0 Å². The number of rotatable bonds is 2. The van der Waals surface area contributed by atoms with Gasteiger partial charge in [-0.2, -0.15) is 0 Å². The lowest BCUT2D eigenvalue weighted by Gasteiger charge is -2.31. The summed E-state index contributed by atoms with van der Waals surface area (Å²) in [7, 11) is 2.25. The molecule has 0 unspecified atom stereocenters. The Hall–Kier alpha value is -1.42. The molecule has 2 atom stereocenters. The zero-order valence-electron chi connectivity index (χ0n) is 12.2. The van der Waals surface area contributed by atoms with Gasteiger partial charge in [0.1, 0.15) is 0 Å². The molecule has 0 radical (unpaired) electrons. The van der Waals surface area contributed by atoms with E-state index >= 15 is 0 Å². The number of hydrogen-bond acceptors (Lipinski definition) is 4. The SMILES string of the molecule is CN1CCC[C@@H]1C[C@]1(C)CNc2cc3c(cc21)OCO3. The molecule has 0 aliphatic carbocycles. The fourth-order valence-electron chi connectivity index (χ4n) is 3.91. The van der Waals surface area contributed by atoms with Crippen molar-refractivity contribution < 1.29 is 9.47 Å². The third-order valence-electron chi connectivity index (χ3n) is 5.19. The average Bonchev–Trinajstić information content (AvgIpc) is 3.11. The number of ether oxygens (including phenoxy) is 2. The maximum atomic E-state index is 5.55. The van der Waals surface area contributed by atoms with Crippen molar-refractivity contribution in [1.29, 1.82) is 0 Å². The molecule has 1 saturated heterocycles. The van der Waals surface area contributed by atoms with Gasteiger partial charge in [0.2, 0.25) is 6.79 Å². The highest BCUT2D eigenvalue weighted by molar-refractivity contribution is 5.67. The topological polar surface area (TPSA) is 33.7 Å². The van der Waals surface area contributed by atoms with Crippen LogP contribution in [0.4, 0.5) is 5.69 Å². The summed E-state index contributed by atoms with van der Waals surface area (Å²) in [5, 5.41) is 3.56. The van der Waals surface area contributed by atoms with Gasteiger partial charge in [-0.25, -0.2) is 0 Å². The Balaban J connectivity index is 1.65. The Morgan fingerprint density at radius 1 is 1.35 bits per heavy atom. The van der Waals surface area contributed by atoms with Gasteiger partial charge in [-0.05, 0) is 44.5 Å². The van der Waals surface area contributed by atoms with Crippen LogP contribution in [0.5, 0.6) is 11.5 Å². The highest BCUT2D eigenvalue weighted by Gasteiger charge is 2.39. The molecule has 3 aliphatic rings. The number of nitrogens with one attached hydrogen (secondary N) is 1. The summed E-state index contributed by atoms with van der Waals surface area (Å²) in [5.41, 5.74) is 2.80. The van der Waals surface area contributed by atoms with Crippen molar-refractivity contribution in [2.45, 2.75) is 37.6 Å². The van der Waals surface area contributed by atoms with Gasteiger partial charge in [0.05, 0.1) is 0 Å². The summed E-state index contributed by atoms with van der Waals surface area (Å²) < 4.78 is 11.0. The second kappa shape index (κ2) is 4.29. The van der Waals surface area contributed by atoms with Gasteiger partial charge in [-0.3, -0.25) is 0 Å². The van der Waals surface area contributed by atoms with Crippen LogP contribution >= 0.6 is 0 Å². The minimum Gasteiger partial charge on any atom is -0.454 e. The van der Waals surface area contributed by atoms with E-state index in [0.717, 1.165) is 18.0 Å². The zero-order chi connectivity index (χ0) is 13.7. The molecule has 3 aliphatic heterocycles. The highest BCUT2D eigenvalue weighted by atomic mass is 16.7. The smallest absolute Gasteiger partial charge is 0.231 e. The Labute approximate surface area is 120 Å². The molecule has 1 aromatic rings. The van der Waals surface area contributed by atoms with E-state index in [2.05, 4.69) is 36.3 Å². The fourth-order valence-corrected chi connectivity index (χ4v) is 3.91. The van der Waals surface area contributed by atoms with Crippen LogP contribution in [0.2, 0.25) is 0 Å². The normalized spacial score (nSPS) is 31.4. The van der Waals surface area contributed by atoms with Crippen molar-refractivity contribution in [3.8, 4) is 11.5 Å². The standard InChI is InChI=1S/C16H22N2O2/c1-16(8-11-4-3-5-18(11)2)9-17-13-7-15-14(6-12(13)16)19-10-20-15/h6-7,11,17H,3-5,8-10H2,1-2H3/t11-,16-/m1/s1. The monoisotopic (exact) mass is 274 g/mol. The van der Waals surface area contributed by atoms with Crippen LogP contribution < -0.4 is 14.8 Å². The zero-order valence-corrected chi connectivity index (χ0v) is 12.2. The molecule has 0 amide bonds. The summed E-state index contributed by atoms with van der Waals surface area (Å²) >= 11 is 0. The predicted molar refractivity (Wildman–Crippen MR) is 78.7 cm³/mol. The quantitative estimate of drug-likeness (QED) is 0.899. The molecule has 0 saturated carbocycles. The second-order valence-electron chi connectivity index (χ2n) is 6.65. The molecule has 4 rings (SSSR count). The summed E-state index contributed by atoms with van der Waals surface area (Å²) in [6.45, 7) is 4.97. The number of fused-ring (bicyclic) bond motifs is 2. The van der Waals surface area contributed by atoms with Crippen LogP contribution in [0.3, 0.4) is 0 Å². The van der Waals surface area contributed by atoms with Gasteiger partial charge < -0.3 is 19.7 Å². The first-order valence-electron chi connectivity index (χ1n) is 7.54.